The number of esters is 1. The molecular formula is C38H54O5. The van der Waals surface area contributed by atoms with Crippen molar-refractivity contribution in [3.05, 3.63) is 35.4 Å². The van der Waals surface area contributed by atoms with Gasteiger partial charge in [0.15, 0.2) is 0 Å². The largest absolute Gasteiger partial charge is 0.478 e. The molecule has 6 aliphatic rings. The molecule has 7 rings (SSSR count). The minimum absolute atomic E-state index is 0.0128. The average Bonchev–Trinajstić information content (AvgIpc) is 3.29. The Kier molecular flexibility index (Phi) is 6.47. The molecule has 5 nitrogen and oxygen atoms in total. The molecule has 0 amide bonds. The van der Waals surface area contributed by atoms with Gasteiger partial charge in [-0.05, 0) is 127 Å². The first kappa shape index (κ1) is 29.8. The molecule has 1 aliphatic heterocycles. The zero-order chi connectivity index (χ0) is 30.8. The Bertz CT molecular complexity index is 1330. The zero-order valence-electron chi connectivity index (χ0n) is 27.6. The van der Waals surface area contributed by atoms with Crippen LogP contribution in [0.1, 0.15) is 133 Å². The van der Waals surface area contributed by atoms with Gasteiger partial charge in [-0.25, -0.2) is 9.59 Å². The Morgan fingerprint density at radius 2 is 1.49 bits per heavy atom. The third-order valence-corrected chi connectivity index (χ3v) is 15.7. The van der Waals surface area contributed by atoms with Crippen LogP contribution in [0.5, 0.6) is 0 Å². The lowest BCUT2D eigenvalue weighted by atomic mass is 9.31. The molecule has 1 N–H and O–H groups in total. The number of carboxylic acids is 1. The van der Waals surface area contributed by atoms with Crippen LogP contribution in [0.4, 0.5) is 0 Å². The Balaban J connectivity index is 1.16. The van der Waals surface area contributed by atoms with Crippen molar-refractivity contribution in [3.63, 3.8) is 0 Å². The Morgan fingerprint density at radius 1 is 0.791 bits per heavy atom. The summed E-state index contributed by atoms with van der Waals surface area (Å²) in [7, 11) is 0. The van der Waals surface area contributed by atoms with Crippen molar-refractivity contribution >= 4 is 11.9 Å². The van der Waals surface area contributed by atoms with Crippen LogP contribution in [0.3, 0.4) is 0 Å². The van der Waals surface area contributed by atoms with Crippen LogP contribution in [-0.4, -0.2) is 35.9 Å². The normalized spacial score (nSPS) is 47.3. The summed E-state index contributed by atoms with van der Waals surface area (Å²) in [5.41, 5.74) is 1.49. The molecule has 2 bridgehead atoms. The van der Waals surface area contributed by atoms with Gasteiger partial charge < -0.3 is 14.6 Å². The number of hydrogen-bond acceptors (Lipinski definition) is 4. The summed E-state index contributed by atoms with van der Waals surface area (Å²) in [6.07, 6.45) is 12.4. The van der Waals surface area contributed by atoms with Crippen LogP contribution in [0, 0.1) is 56.2 Å². The second-order valence-corrected chi connectivity index (χ2v) is 17.9. The van der Waals surface area contributed by atoms with Gasteiger partial charge in [0.1, 0.15) is 6.10 Å². The van der Waals surface area contributed by atoms with E-state index in [2.05, 4.69) is 48.5 Å². The monoisotopic (exact) mass is 590 g/mol. The summed E-state index contributed by atoms with van der Waals surface area (Å²) < 4.78 is 13.0. The lowest BCUT2D eigenvalue weighted by molar-refractivity contribution is -0.252. The van der Waals surface area contributed by atoms with Gasteiger partial charge in [0, 0.05) is 5.41 Å². The maximum absolute atomic E-state index is 13.4. The van der Waals surface area contributed by atoms with Gasteiger partial charge in [-0.2, -0.15) is 0 Å². The third-order valence-electron chi connectivity index (χ3n) is 15.7. The van der Waals surface area contributed by atoms with Crippen LogP contribution in [0.25, 0.3) is 0 Å². The van der Waals surface area contributed by atoms with Gasteiger partial charge >= 0.3 is 11.9 Å². The number of ether oxygens (including phenoxy) is 2. The summed E-state index contributed by atoms with van der Waals surface area (Å²) >= 11 is 0. The van der Waals surface area contributed by atoms with E-state index in [0.717, 1.165) is 25.4 Å². The fraction of sp³-hybridized carbons (Fsp3) is 0.789. The van der Waals surface area contributed by atoms with E-state index >= 15 is 0 Å². The summed E-state index contributed by atoms with van der Waals surface area (Å²) in [6, 6.07) is 6.43. The number of fused-ring (bicyclic) bond motifs is 5. The first-order valence-electron chi connectivity index (χ1n) is 17.3. The molecule has 6 fully saturated rings. The number of carbonyl (C=O) groups is 2. The minimum atomic E-state index is -1.09. The highest BCUT2D eigenvalue weighted by molar-refractivity contribution is 6.02. The molecule has 43 heavy (non-hydrogen) atoms. The molecule has 0 aromatic heterocycles. The number of rotatable bonds is 3. The predicted octanol–water partition coefficient (Wildman–Crippen LogP) is 8.80. The van der Waals surface area contributed by atoms with Crippen LogP contribution in [0.15, 0.2) is 24.3 Å². The van der Waals surface area contributed by atoms with Gasteiger partial charge in [-0.3, -0.25) is 0 Å². The molecule has 5 heteroatoms. The molecule has 10 atom stereocenters. The van der Waals surface area contributed by atoms with Gasteiger partial charge in [-0.1, -0.05) is 60.6 Å². The molecule has 5 aliphatic carbocycles. The highest BCUT2D eigenvalue weighted by atomic mass is 16.5. The summed E-state index contributed by atoms with van der Waals surface area (Å²) in [5, 5.41) is 9.66. The van der Waals surface area contributed by atoms with E-state index in [0.29, 0.717) is 40.1 Å². The van der Waals surface area contributed by atoms with Gasteiger partial charge in [0.2, 0.25) is 0 Å². The average molecular weight is 591 g/mol. The minimum Gasteiger partial charge on any atom is -0.478 e. The third kappa shape index (κ3) is 3.85. The second kappa shape index (κ2) is 9.33. The fourth-order valence-corrected chi connectivity index (χ4v) is 13.2. The Morgan fingerprint density at radius 3 is 2.21 bits per heavy atom. The topological polar surface area (TPSA) is 72.8 Å². The quantitative estimate of drug-likeness (QED) is 0.356. The van der Waals surface area contributed by atoms with Crippen molar-refractivity contribution in [1.29, 1.82) is 0 Å². The van der Waals surface area contributed by atoms with E-state index in [1.54, 1.807) is 18.2 Å². The lowest BCUT2D eigenvalue weighted by Gasteiger charge is -2.73. The van der Waals surface area contributed by atoms with Crippen LogP contribution >= 0.6 is 0 Å². The maximum atomic E-state index is 13.4. The first-order chi connectivity index (χ1) is 20.1. The SMILES string of the molecule is CC1(C)CCC23CC[C@]4(C)C(CCC5[C@@]6(C)CC[C@H](OC(=O)c7ccccc7C(=O)O)C(C)(C)C6CC[C@]54C)C2C1OC3. The van der Waals surface area contributed by atoms with Gasteiger partial charge in [0.05, 0.1) is 23.8 Å². The molecule has 0 radical (unpaired) electrons. The van der Waals surface area contributed by atoms with E-state index in [1.807, 2.05) is 0 Å². The van der Waals surface area contributed by atoms with Crippen LogP contribution in [0.2, 0.25) is 0 Å². The highest BCUT2D eigenvalue weighted by Gasteiger charge is 2.73. The van der Waals surface area contributed by atoms with E-state index < -0.39 is 11.9 Å². The van der Waals surface area contributed by atoms with Crippen molar-refractivity contribution < 1.29 is 24.2 Å². The number of aromatic carboxylic acids is 1. The van der Waals surface area contributed by atoms with Gasteiger partial charge in [0.25, 0.3) is 0 Å². The molecule has 236 valence electrons. The van der Waals surface area contributed by atoms with Gasteiger partial charge in [-0.15, -0.1) is 0 Å². The second-order valence-electron chi connectivity index (χ2n) is 17.9. The smallest absolute Gasteiger partial charge is 0.339 e. The number of carbonyl (C=O) groups excluding carboxylic acids is 1. The van der Waals surface area contributed by atoms with Crippen molar-refractivity contribution in [3.8, 4) is 0 Å². The van der Waals surface area contributed by atoms with Crippen molar-refractivity contribution in [2.24, 2.45) is 56.2 Å². The number of benzene rings is 1. The summed E-state index contributed by atoms with van der Waals surface area (Å²) in [5.74, 6) is 0.976. The van der Waals surface area contributed by atoms with E-state index in [-0.39, 0.29) is 33.5 Å². The van der Waals surface area contributed by atoms with E-state index in [4.69, 9.17) is 9.47 Å². The molecule has 1 aromatic carbocycles. The van der Waals surface area contributed by atoms with Crippen molar-refractivity contribution in [2.45, 2.75) is 125 Å². The predicted molar refractivity (Wildman–Crippen MR) is 167 cm³/mol. The Labute approximate surface area is 258 Å². The molecule has 1 heterocycles. The summed E-state index contributed by atoms with van der Waals surface area (Å²) in [6.45, 7) is 18.5. The first-order valence-corrected chi connectivity index (χ1v) is 17.3. The van der Waals surface area contributed by atoms with Crippen molar-refractivity contribution in [2.75, 3.05) is 6.61 Å². The van der Waals surface area contributed by atoms with E-state index in [9.17, 15) is 14.7 Å². The molecule has 5 saturated carbocycles. The molecular weight excluding hydrogens is 536 g/mol. The fourth-order valence-electron chi connectivity index (χ4n) is 13.2. The maximum Gasteiger partial charge on any atom is 0.339 e. The molecule has 1 saturated heterocycles. The molecule has 1 aromatic rings. The van der Waals surface area contributed by atoms with E-state index in [1.165, 1.54) is 57.4 Å². The zero-order valence-corrected chi connectivity index (χ0v) is 27.6. The Hall–Kier alpha value is -1.88. The van der Waals surface area contributed by atoms with Crippen LogP contribution < -0.4 is 0 Å². The highest BCUT2D eigenvalue weighted by Crippen LogP contribution is 2.78. The molecule has 6 unspecified atom stereocenters. The molecule has 0 spiro atoms. The number of carboxylic acid groups (broad SMARTS) is 1. The van der Waals surface area contributed by atoms with Crippen LogP contribution in [-0.2, 0) is 9.47 Å². The summed E-state index contributed by atoms with van der Waals surface area (Å²) in [4.78, 5) is 25.2. The lowest BCUT2D eigenvalue weighted by Crippen LogP contribution is -2.68. The van der Waals surface area contributed by atoms with Crippen molar-refractivity contribution in [1.82, 2.24) is 0 Å². The standard InChI is InChI=1S/C38H54O5/c1-33(2)18-20-38-21-19-36(6)25(29(38)30(33)42-22-38)12-13-27-35(5)16-15-28(34(3,4)26(35)14-17-37(27,36)7)43-32(41)24-11-9-8-10-23(24)31(39)40/h8-11,25-30H,12-22H2,1-7H3,(H,39,40)/t25?,26?,27?,28-,29?,30?,35-,36+,37+,38?/m0/s1. The number of hydrogen-bond donors (Lipinski definition) is 1.